The molecule has 5 aliphatic rings. The molecule has 6 rings (SSSR count). The highest BCUT2D eigenvalue weighted by molar-refractivity contribution is 6.30. The van der Waals surface area contributed by atoms with E-state index >= 15 is 4.79 Å². The second-order valence-electron chi connectivity index (χ2n) is 20.1. The summed E-state index contributed by atoms with van der Waals surface area (Å²) in [6, 6.07) is 7.31. The maximum absolute atomic E-state index is 15.1. The molecule has 4 fully saturated rings. The van der Waals surface area contributed by atoms with Crippen LogP contribution in [0.2, 0.25) is 5.02 Å². The number of nitrogens with zero attached hydrogens (tertiary/aromatic N) is 1. The Morgan fingerprint density at radius 1 is 0.887 bits per heavy atom. The molecule has 53 heavy (non-hydrogen) atoms. The van der Waals surface area contributed by atoms with Gasteiger partial charge in [-0.25, -0.2) is 4.79 Å². The summed E-state index contributed by atoms with van der Waals surface area (Å²) < 4.78 is 11.8. The fourth-order valence-corrected chi connectivity index (χ4v) is 13.1. The van der Waals surface area contributed by atoms with Crippen molar-refractivity contribution >= 4 is 35.2 Å². The van der Waals surface area contributed by atoms with Gasteiger partial charge >= 0.3 is 12.1 Å². The number of carbonyl (C=O) groups excluding carboxylic acids is 4. The number of hydrogen-bond acceptors (Lipinski definition) is 6. The number of benzene rings is 1. The Hall–Kier alpha value is -2.67. The molecule has 0 unspecified atom stereocenters. The predicted molar refractivity (Wildman–Crippen MR) is 208 cm³/mol. The normalized spacial score (nSPS) is 36.2. The van der Waals surface area contributed by atoms with Crippen LogP contribution in [0.4, 0.5) is 4.79 Å². The summed E-state index contributed by atoms with van der Waals surface area (Å²) >= 11 is 6.18. The number of carbonyl (C=O) groups is 4. The number of amides is 1. The van der Waals surface area contributed by atoms with Crippen LogP contribution in [0.1, 0.15) is 140 Å². The zero-order chi connectivity index (χ0) is 39.1. The molecule has 0 aromatic heterocycles. The van der Waals surface area contributed by atoms with Crippen LogP contribution in [0.25, 0.3) is 0 Å². The molecule has 0 N–H and O–H groups in total. The van der Waals surface area contributed by atoms with Gasteiger partial charge in [-0.2, -0.15) is 0 Å². The fourth-order valence-electron chi connectivity index (χ4n) is 13.0. The standard InChI is InChI=1S/C45H64ClNO6/c1-27(2)37-32(49)24-45(35(50)26-47(39(51)53-40(4,5)6)25-29-12-14-30(46)15-13-29)23-22-43(10)31(38(37)45)16-17-34-42(9)20-19-36(52-28(3)48)41(7,8)33(42)18-21-44(34,43)11/h12-15,27,31,33-34,36H,16-26H2,1-11H3/t31-,33-,34-,36+,42+,43-,44-,45+/m1/s1. The molecule has 1 amide bonds. The molecular weight excluding hydrogens is 686 g/mol. The van der Waals surface area contributed by atoms with Crippen molar-refractivity contribution in [3.05, 3.63) is 46.0 Å². The minimum Gasteiger partial charge on any atom is -0.462 e. The lowest BCUT2D eigenvalue weighted by molar-refractivity contribution is -0.232. The Morgan fingerprint density at radius 2 is 1.55 bits per heavy atom. The van der Waals surface area contributed by atoms with Crippen molar-refractivity contribution in [2.75, 3.05) is 6.54 Å². The molecule has 0 saturated heterocycles. The smallest absolute Gasteiger partial charge is 0.410 e. The molecule has 0 bridgehead atoms. The van der Waals surface area contributed by atoms with E-state index in [-0.39, 0.29) is 76.6 Å². The largest absolute Gasteiger partial charge is 0.462 e. The van der Waals surface area contributed by atoms with Crippen LogP contribution < -0.4 is 0 Å². The van der Waals surface area contributed by atoms with Gasteiger partial charge in [0.05, 0.1) is 12.0 Å². The van der Waals surface area contributed by atoms with Gasteiger partial charge in [0.1, 0.15) is 11.7 Å². The summed E-state index contributed by atoms with van der Waals surface area (Å²) in [5.41, 5.74) is 1.04. The number of allylic oxidation sites excluding steroid dienone is 2. The average molecular weight is 750 g/mol. The molecule has 292 valence electrons. The Labute approximate surface area is 323 Å². The number of esters is 1. The highest BCUT2D eigenvalue weighted by atomic mass is 35.5. The fraction of sp³-hybridized carbons (Fsp3) is 0.733. The van der Waals surface area contributed by atoms with Crippen LogP contribution in [-0.4, -0.2) is 46.8 Å². The minimum absolute atomic E-state index is 0.00156. The number of fused-ring (bicyclic) bond motifs is 7. The van der Waals surface area contributed by atoms with Crippen molar-refractivity contribution < 1.29 is 28.7 Å². The van der Waals surface area contributed by atoms with Gasteiger partial charge in [0.2, 0.25) is 0 Å². The highest BCUT2D eigenvalue weighted by Crippen LogP contribution is 2.76. The second kappa shape index (κ2) is 13.5. The van der Waals surface area contributed by atoms with Gasteiger partial charge in [-0.3, -0.25) is 19.3 Å². The van der Waals surface area contributed by atoms with Crippen LogP contribution in [0, 0.1) is 50.7 Å². The summed E-state index contributed by atoms with van der Waals surface area (Å²) in [6.07, 6.45) is 7.12. The molecule has 8 atom stereocenters. The zero-order valence-corrected chi connectivity index (χ0v) is 35.0. The van der Waals surface area contributed by atoms with E-state index in [1.807, 2.05) is 32.9 Å². The zero-order valence-electron chi connectivity index (χ0n) is 34.2. The maximum Gasteiger partial charge on any atom is 0.410 e. The van der Waals surface area contributed by atoms with Gasteiger partial charge in [0.25, 0.3) is 0 Å². The topological polar surface area (TPSA) is 90.0 Å². The van der Waals surface area contributed by atoms with Crippen LogP contribution in [0.5, 0.6) is 0 Å². The van der Waals surface area contributed by atoms with Crippen molar-refractivity contribution in [1.29, 1.82) is 0 Å². The number of Topliss-reactive ketones (excluding diaryl/α,β-unsaturated/α-hetero) is 2. The lowest BCUT2D eigenvalue weighted by Gasteiger charge is -2.72. The van der Waals surface area contributed by atoms with E-state index in [1.165, 1.54) is 11.8 Å². The molecule has 1 aromatic rings. The monoisotopic (exact) mass is 749 g/mol. The molecule has 1 aromatic carbocycles. The number of hydrogen-bond donors (Lipinski definition) is 0. The summed E-state index contributed by atoms with van der Waals surface area (Å²) in [4.78, 5) is 56.7. The molecule has 0 spiro atoms. The molecule has 7 nitrogen and oxygen atoms in total. The Morgan fingerprint density at radius 3 is 2.15 bits per heavy atom. The predicted octanol–water partition coefficient (Wildman–Crippen LogP) is 10.6. The first-order valence-corrected chi connectivity index (χ1v) is 20.6. The minimum atomic E-state index is -0.921. The van der Waals surface area contributed by atoms with Gasteiger partial charge in [-0.15, -0.1) is 0 Å². The third-order valence-electron chi connectivity index (χ3n) is 15.5. The lowest BCUT2D eigenvalue weighted by atomic mass is 9.33. The van der Waals surface area contributed by atoms with Gasteiger partial charge < -0.3 is 9.47 Å². The molecule has 5 aliphatic carbocycles. The average Bonchev–Trinajstić information content (AvgIpc) is 3.36. The molecule has 0 heterocycles. The van der Waals surface area contributed by atoms with Crippen molar-refractivity contribution in [1.82, 2.24) is 4.90 Å². The van der Waals surface area contributed by atoms with E-state index in [4.69, 9.17) is 21.1 Å². The van der Waals surface area contributed by atoms with E-state index in [2.05, 4.69) is 48.5 Å². The van der Waals surface area contributed by atoms with Crippen LogP contribution in [0.15, 0.2) is 35.4 Å². The Bertz CT molecular complexity index is 1690. The van der Waals surface area contributed by atoms with Crippen molar-refractivity contribution in [2.45, 2.75) is 152 Å². The number of rotatable bonds is 7. The first kappa shape index (κ1) is 40.0. The highest BCUT2D eigenvalue weighted by Gasteiger charge is 2.71. The number of halogens is 1. The summed E-state index contributed by atoms with van der Waals surface area (Å²) in [7, 11) is 0. The summed E-state index contributed by atoms with van der Waals surface area (Å²) in [5.74, 6) is 0.893. The summed E-state index contributed by atoms with van der Waals surface area (Å²) in [6.45, 7) is 23.5. The van der Waals surface area contributed by atoms with Gasteiger partial charge in [0, 0.05) is 30.3 Å². The second-order valence-corrected chi connectivity index (χ2v) is 20.6. The van der Waals surface area contributed by atoms with Gasteiger partial charge in [-0.05, 0) is 141 Å². The molecule has 0 aliphatic heterocycles. The number of ketones is 2. The molecule has 4 saturated carbocycles. The van der Waals surface area contributed by atoms with E-state index in [9.17, 15) is 14.4 Å². The quantitative estimate of drug-likeness (QED) is 0.258. The van der Waals surface area contributed by atoms with E-state index in [0.29, 0.717) is 23.3 Å². The van der Waals surface area contributed by atoms with Gasteiger partial charge in [-0.1, -0.05) is 72.2 Å². The van der Waals surface area contributed by atoms with Crippen molar-refractivity contribution in [3.63, 3.8) is 0 Å². The molecular formula is C45H64ClNO6. The third-order valence-corrected chi connectivity index (χ3v) is 15.7. The molecule has 0 radical (unpaired) electrons. The van der Waals surface area contributed by atoms with Crippen LogP contribution in [-0.2, 0) is 30.4 Å². The summed E-state index contributed by atoms with van der Waals surface area (Å²) in [5, 5.41) is 0.600. The number of ether oxygens (including phenoxy) is 2. The van der Waals surface area contributed by atoms with E-state index in [1.54, 1.807) is 12.1 Å². The first-order valence-electron chi connectivity index (χ1n) is 20.2. The van der Waals surface area contributed by atoms with Crippen molar-refractivity contribution in [3.8, 4) is 0 Å². The first-order chi connectivity index (χ1) is 24.5. The maximum atomic E-state index is 15.1. The Balaban J connectivity index is 1.36. The van der Waals surface area contributed by atoms with Crippen LogP contribution in [0.3, 0.4) is 0 Å². The van der Waals surface area contributed by atoms with E-state index in [0.717, 1.165) is 61.7 Å². The third kappa shape index (κ3) is 6.51. The lowest BCUT2D eigenvalue weighted by Crippen LogP contribution is -2.66. The van der Waals surface area contributed by atoms with Crippen molar-refractivity contribution in [2.24, 2.45) is 50.7 Å². The Kier molecular flexibility index (Phi) is 10.2. The van der Waals surface area contributed by atoms with Crippen LogP contribution >= 0.6 is 11.6 Å². The van der Waals surface area contributed by atoms with E-state index < -0.39 is 17.1 Å². The molecule has 8 heteroatoms. The van der Waals surface area contributed by atoms with Gasteiger partial charge in [0.15, 0.2) is 11.6 Å². The SMILES string of the molecule is CC(=O)O[C@H]1CC[C@@]2(C)[C@H](CC[C@]3(C)[C@@H]2CC[C@@H]2C4=C(C(C)C)C(=O)C[C@]4(C(=O)CN(Cc4ccc(Cl)cc4)C(=O)OC(C)(C)C)CC[C@]23C)C1(C)C.